The molecule has 0 saturated carbocycles. The molecule has 2 amide bonds. The molecule has 1 saturated heterocycles. The van der Waals surface area contributed by atoms with Crippen LogP contribution in [-0.2, 0) is 10.3 Å². The molecule has 1 fully saturated rings. The number of aliphatic hydroxyl groups is 1. The van der Waals surface area contributed by atoms with Crippen LogP contribution in [0, 0.1) is 19.8 Å². The summed E-state index contributed by atoms with van der Waals surface area (Å²) in [6, 6.07) is 20.5. The predicted octanol–water partition coefficient (Wildman–Crippen LogP) is 5.27. The van der Waals surface area contributed by atoms with Crippen LogP contribution < -0.4 is 15.5 Å². The van der Waals surface area contributed by atoms with Gasteiger partial charge in [-0.1, -0.05) is 65.8 Å². The van der Waals surface area contributed by atoms with E-state index >= 15 is 0 Å². The number of carbonyl (C=O) groups excluding carboxylic acids is 2. The maximum absolute atomic E-state index is 12.8. The Morgan fingerprint density at radius 3 is 2.15 bits per heavy atom. The van der Waals surface area contributed by atoms with Gasteiger partial charge in [-0.3, -0.25) is 0 Å². The molecule has 41 heavy (non-hydrogen) atoms. The second-order valence-corrected chi connectivity index (χ2v) is 10.1. The summed E-state index contributed by atoms with van der Waals surface area (Å²) in [6.07, 6.45) is 2.84. The Hall–Kier alpha value is -4.70. The summed E-state index contributed by atoms with van der Waals surface area (Å²) in [5.41, 5.74) is 2.14. The van der Waals surface area contributed by atoms with Crippen molar-refractivity contribution in [2.24, 2.45) is 5.92 Å². The molecule has 10 heteroatoms. The standard InChI is InChI=1S/C31H33N5O5/c1-20-27(21(2)41-35-20)34-30(38)33-25-18-26(29(37)40-3)28(32-19-25)36-16-14-24(15-17-36)31(39,22-10-6-4-7-11-22)23-12-8-5-9-13-23/h4-13,18-19,24,39H,14-17H2,1-3H3,(H2,33,34,38). The number of amides is 2. The molecule has 3 N–H and O–H groups in total. The largest absolute Gasteiger partial charge is 0.465 e. The zero-order chi connectivity index (χ0) is 29.0. The number of ether oxygens (including phenoxy) is 1. The molecular formula is C31H33N5O5. The average molecular weight is 556 g/mol. The van der Waals surface area contributed by atoms with Crippen molar-refractivity contribution in [3.8, 4) is 0 Å². The lowest BCUT2D eigenvalue weighted by molar-refractivity contribution is 0.00496. The van der Waals surface area contributed by atoms with E-state index in [-0.39, 0.29) is 11.5 Å². The summed E-state index contributed by atoms with van der Waals surface area (Å²) in [5, 5.41) is 21.4. The van der Waals surface area contributed by atoms with E-state index < -0.39 is 17.6 Å². The summed E-state index contributed by atoms with van der Waals surface area (Å²) < 4.78 is 10.1. The van der Waals surface area contributed by atoms with Crippen molar-refractivity contribution < 1.29 is 24.0 Å². The summed E-state index contributed by atoms with van der Waals surface area (Å²) in [7, 11) is 1.31. The Morgan fingerprint density at radius 1 is 1.00 bits per heavy atom. The van der Waals surface area contributed by atoms with Crippen LogP contribution >= 0.6 is 0 Å². The number of pyridine rings is 1. The molecule has 5 rings (SSSR count). The van der Waals surface area contributed by atoms with Crippen molar-refractivity contribution >= 4 is 29.2 Å². The predicted molar refractivity (Wildman–Crippen MR) is 155 cm³/mol. The summed E-state index contributed by atoms with van der Waals surface area (Å²) in [5.74, 6) is 0.333. The summed E-state index contributed by atoms with van der Waals surface area (Å²) in [6.45, 7) is 4.57. The number of carbonyl (C=O) groups is 2. The second kappa shape index (κ2) is 11.8. The molecule has 212 valence electrons. The van der Waals surface area contributed by atoms with Gasteiger partial charge in [-0.05, 0) is 49.8 Å². The Bertz CT molecular complexity index is 1460. The zero-order valence-electron chi connectivity index (χ0n) is 23.3. The van der Waals surface area contributed by atoms with Gasteiger partial charge in [0.05, 0.1) is 19.0 Å². The van der Waals surface area contributed by atoms with Crippen LogP contribution in [0.2, 0.25) is 0 Å². The number of methoxy groups -OCH3 is 1. The molecule has 1 aliphatic heterocycles. The number of urea groups is 1. The van der Waals surface area contributed by atoms with Gasteiger partial charge in [-0.2, -0.15) is 0 Å². The van der Waals surface area contributed by atoms with E-state index in [2.05, 4.69) is 20.8 Å². The first-order valence-corrected chi connectivity index (χ1v) is 13.5. The van der Waals surface area contributed by atoms with E-state index in [1.54, 1.807) is 19.9 Å². The number of nitrogens with one attached hydrogen (secondary N) is 2. The Balaban J connectivity index is 1.35. The van der Waals surface area contributed by atoms with E-state index in [0.29, 0.717) is 54.6 Å². The number of hydrogen-bond donors (Lipinski definition) is 3. The van der Waals surface area contributed by atoms with Gasteiger partial charge in [-0.15, -0.1) is 0 Å². The molecule has 0 spiro atoms. The van der Waals surface area contributed by atoms with Crippen molar-refractivity contribution in [1.82, 2.24) is 10.1 Å². The van der Waals surface area contributed by atoms with Gasteiger partial charge in [0, 0.05) is 13.1 Å². The topological polar surface area (TPSA) is 130 Å². The molecule has 0 unspecified atom stereocenters. The SMILES string of the molecule is COC(=O)c1cc(NC(=O)Nc2c(C)noc2C)cnc1N1CCC(C(O)(c2ccccc2)c2ccccc2)CC1. The van der Waals surface area contributed by atoms with Crippen molar-refractivity contribution in [2.45, 2.75) is 32.3 Å². The molecule has 2 aromatic heterocycles. The normalized spacial score (nSPS) is 14.0. The molecule has 2 aromatic carbocycles. The highest BCUT2D eigenvalue weighted by atomic mass is 16.5. The van der Waals surface area contributed by atoms with Gasteiger partial charge < -0.3 is 29.9 Å². The maximum Gasteiger partial charge on any atom is 0.341 e. The van der Waals surface area contributed by atoms with E-state index in [4.69, 9.17) is 9.26 Å². The highest BCUT2D eigenvalue weighted by molar-refractivity contribution is 6.02. The third-order valence-electron chi connectivity index (χ3n) is 7.61. The lowest BCUT2D eigenvalue weighted by Gasteiger charge is -2.42. The fourth-order valence-corrected chi connectivity index (χ4v) is 5.51. The van der Waals surface area contributed by atoms with Crippen LogP contribution in [0.4, 0.5) is 22.0 Å². The first-order chi connectivity index (χ1) is 19.8. The lowest BCUT2D eigenvalue weighted by atomic mass is 9.72. The Kier molecular flexibility index (Phi) is 8.02. The number of nitrogens with zero attached hydrogens (tertiary/aromatic N) is 3. The summed E-state index contributed by atoms with van der Waals surface area (Å²) in [4.78, 5) is 32.0. The molecule has 10 nitrogen and oxygen atoms in total. The quantitative estimate of drug-likeness (QED) is 0.263. The maximum atomic E-state index is 12.8. The zero-order valence-corrected chi connectivity index (χ0v) is 23.3. The number of aromatic nitrogens is 2. The van der Waals surface area contributed by atoms with Gasteiger partial charge >= 0.3 is 12.0 Å². The highest BCUT2D eigenvalue weighted by Crippen LogP contribution is 2.42. The van der Waals surface area contributed by atoms with E-state index in [9.17, 15) is 14.7 Å². The molecule has 0 radical (unpaired) electrons. The van der Waals surface area contributed by atoms with Crippen molar-refractivity contribution in [1.29, 1.82) is 0 Å². The van der Waals surface area contributed by atoms with Crippen LogP contribution in [0.5, 0.6) is 0 Å². The molecule has 4 aromatic rings. The first-order valence-electron chi connectivity index (χ1n) is 13.5. The van der Waals surface area contributed by atoms with Crippen molar-refractivity contribution in [2.75, 3.05) is 35.7 Å². The van der Waals surface area contributed by atoms with Crippen LogP contribution in [0.3, 0.4) is 0 Å². The fourth-order valence-electron chi connectivity index (χ4n) is 5.51. The number of anilines is 3. The highest BCUT2D eigenvalue weighted by Gasteiger charge is 2.42. The molecule has 0 aliphatic carbocycles. The molecule has 0 atom stereocenters. The van der Waals surface area contributed by atoms with E-state index in [0.717, 1.165) is 11.1 Å². The van der Waals surface area contributed by atoms with Crippen molar-refractivity contribution in [3.63, 3.8) is 0 Å². The smallest absolute Gasteiger partial charge is 0.341 e. The van der Waals surface area contributed by atoms with Gasteiger partial charge in [-0.25, -0.2) is 14.6 Å². The second-order valence-electron chi connectivity index (χ2n) is 10.1. The van der Waals surface area contributed by atoms with Gasteiger partial charge in [0.25, 0.3) is 0 Å². The van der Waals surface area contributed by atoms with Gasteiger partial charge in [0.1, 0.15) is 28.4 Å². The molecule has 1 aliphatic rings. The van der Waals surface area contributed by atoms with Crippen LogP contribution in [0.25, 0.3) is 0 Å². The minimum Gasteiger partial charge on any atom is -0.465 e. The van der Waals surface area contributed by atoms with E-state index in [1.807, 2.05) is 65.6 Å². The van der Waals surface area contributed by atoms with Gasteiger partial charge in [0.2, 0.25) is 0 Å². The number of esters is 1. The minimum atomic E-state index is -1.16. The number of benzene rings is 2. The van der Waals surface area contributed by atoms with Gasteiger partial charge in [0.15, 0.2) is 5.76 Å². The third kappa shape index (κ3) is 5.64. The molecular weight excluding hydrogens is 522 g/mol. The van der Waals surface area contributed by atoms with Crippen LogP contribution in [0.1, 0.15) is 45.8 Å². The first kappa shape index (κ1) is 27.9. The lowest BCUT2D eigenvalue weighted by Crippen LogP contribution is -2.45. The molecule has 0 bridgehead atoms. The average Bonchev–Trinajstić information content (AvgIpc) is 3.33. The number of hydrogen-bond acceptors (Lipinski definition) is 8. The van der Waals surface area contributed by atoms with Crippen LogP contribution in [0.15, 0.2) is 77.4 Å². The molecule has 3 heterocycles. The van der Waals surface area contributed by atoms with Crippen molar-refractivity contribution in [3.05, 3.63) is 101 Å². The number of rotatable bonds is 7. The number of aryl methyl sites for hydroxylation is 2. The van der Waals surface area contributed by atoms with E-state index in [1.165, 1.54) is 13.3 Å². The number of piperidine rings is 1. The Morgan fingerprint density at radius 2 is 1.61 bits per heavy atom. The monoisotopic (exact) mass is 555 g/mol. The fraction of sp³-hybridized carbons (Fsp3) is 0.290. The van der Waals surface area contributed by atoms with Crippen LogP contribution in [-0.4, -0.2) is 47.4 Å². The summed E-state index contributed by atoms with van der Waals surface area (Å²) >= 11 is 0. The minimum absolute atomic E-state index is 0.0564. The third-order valence-corrected chi connectivity index (χ3v) is 7.61. The Labute approximate surface area is 238 Å².